The molecule has 0 saturated carbocycles. The number of fused-ring (bicyclic) bond motifs is 1. The lowest BCUT2D eigenvalue weighted by Gasteiger charge is -2.08. The van der Waals surface area contributed by atoms with Gasteiger partial charge in [-0.3, -0.25) is 0 Å². The molecule has 0 aliphatic carbocycles. The third kappa shape index (κ3) is 4.93. The van der Waals surface area contributed by atoms with Crippen molar-refractivity contribution in [2.24, 2.45) is 0 Å². The molecule has 2 N–H and O–H groups in total. The molecule has 0 bridgehead atoms. The summed E-state index contributed by atoms with van der Waals surface area (Å²) in [5, 5.41) is 4.16. The molecule has 0 amide bonds. The van der Waals surface area contributed by atoms with Gasteiger partial charge in [-0.05, 0) is 52.0 Å². The van der Waals surface area contributed by atoms with Gasteiger partial charge in [-0.25, -0.2) is 14.6 Å². The Morgan fingerprint density at radius 1 is 0.971 bits per heavy atom. The number of carbonyl (C=O) groups is 2. The number of esters is 2. The quantitative estimate of drug-likeness (QED) is 0.366. The summed E-state index contributed by atoms with van der Waals surface area (Å²) in [6, 6.07) is 6.51. The molecule has 4 aromatic rings. The number of benzene rings is 1. The zero-order chi connectivity index (χ0) is 25.1. The second-order valence-electron chi connectivity index (χ2n) is 7.65. The standard InChI is InChI=1S/C24H24N4O7/c1-5-31-24(30)19-14(4)34-22-20(19)21(25)26-18(27-22)11-33-23(29)15-6-8-16(9-7-15)32-10-17-12(2)28-35-13(17)3/h6-9H,5,10-11H2,1-4H3,(H2,25,26,27). The number of rotatable bonds is 8. The number of nitrogens with zero attached hydrogens (tertiary/aromatic N) is 3. The Bertz CT molecular complexity index is 1370. The van der Waals surface area contributed by atoms with E-state index in [-0.39, 0.29) is 41.5 Å². The first-order valence-electron chi connectivity index (χ1n) is 10.8. The topological polar surface area (TPSA) is 153 Å². The van der Waals surface area contributed by atoms with Gasteiger partial charge in [0.05, 0.1) is 28.8 Å². The first kappa shape index (κ1) is 23.7. The highest BCUT2D eigenvalue weighted by molar-refractivity contribution is 6.07. The minimum Gasteiger partial charge on any atom is -0.489 e. The van der Waals surface area contributed by atoms with Crippen molar-refractivity contribution < 1.29 is 32.7 Å². The van der Waals surface area contributed by atoms with E-state index < -0.39 is 11.9 Å². The fourth-order valence-corrected chi connectivity index (χ4v) is 3.46. The van der Waals surface area contributed by atoms with Crippen molar-refractivity contribution in [2.45, 2.75) is 40.9 Å². The minimum absolute atomic E-state index is 0.0285. The summed E-state index contributed by atoms with van der Waals surface area (Å²) in [4.78, 5) is 33.1. The molecule has 0 atom stereocenters. The van der Waals surface area contributed by atoms with Gasteiger partial charge < -0.3 is 28.9 Å². The van der Waals surface area contributed by atoms with Gasteiger partial charge in [0, 0.05) is 0 Å². The summed E-state index contributed by atoms with van der Waals surface area (Å²) < 4.78 is 26.8. The number of furan rings is 1. The van der Waals surface area contributed by atoms with Crippen molar-refractivity contribution in [2.75, 3.05) is 12.3 Å². The Hall–Kier alpha value is -4.41. The zero-order valence-electron chi connectivity index (χ0n) is 19.7. The van der Waals surface area contributed by atoms with Crippen molar-refractivity contribution >= 4 is 28.9 Å². The maximum atomic E-state index is 12.5. The number of aryl methyl sites for hydroxylation is 3. The van der Waals surface area contributed by atoms with Crippen LogP contribution in [0.3, 0.4) is 0 Å². The van der Waals surface area contributed by atoms with Crippen LogP contribution in [0.4, 0.5) is 5.82 Å². The number of hydrogen-bond donors (Lipinski definition) is 1. The average Bonchev–Trinajstić information content (AvgIpc) is 3.34. The van der Waals surface area contributed by atoms with Crippen molar-refractivity contribution in [3.63, 3.8) is 0 Å². The molecule has 11 nitrogen and oxygen atoms in total. The lowest BCUT2D eigenvalue weighted by atomic mass is 10.2. The van der Waals surface area contributed by atoms with Gasteiger partial charge in [-0.2, -0.15) is 4.98 Å². The molecule has 0 spiro atoms. The normalized spacial score (nSPS) is 11.0. The van der Waals surface area contributed by atoms with Gasteiger partial charge in [0.15, 0.2) is 12.4 Å². The Morgan fingerprint density at radius 2 is 1.71 bits per heavy atom. The maximum absolute atomic E-state index is 12.5. The van der Waals surface area contributed by atoms with E-state index in [0.717, 1.165) is 11.3 Å². The maximum Gasteiger partial charge on any atom is 0.342 e. The molecule has 3 aromatic heterocycles. The number of ether oxygens (including phenoxy) is 3. The molecule has 182 valence electrons. The highest BCUT2D eigenvalue weighted by atomic mass is 16.5. The molecule has 0 fully saturated rings. The first-order chi connectivity index (χ1) is 16.8. The summed E-state index contributed by atoms with van der Waals surface area (Å²) in [5.41, 5.74) is 8.30. The monoisotopic (exact) mass is 480 g/mol. The number of nitrogen functional groups attached to an aromatic ring is 1. The number of carbonyl (C=O) groups excluding carboxylic acids is 2. The van der Waals surface area contributed by atoms with Gasteiger partial charge in [-0.1, -0.05) is 5.16 Å². The van der Waals surface area contributed by atoms with E-state index in [4.69, 9.17) is 28.9 Å². The van der Waals surface area contributed by atoms with Crippen LogP contribution >= 0.6 is 0 Å². The van der Waals surface area contributed by atoms with Crippen molar-refractivity contribution in [1.82, 2.24) is 15.1 Å². The lowest BCUT2D eigenvalue weighted by Crippen LogP contribution is -2.10. The third-order valence-electron chi connectivity index (χ3n) is 5.27. The largest absolute Gasteiger partial charge is 0.489 e. The Kier molecular flexibility index (Phi) is 6.67. The smallest absolute Gasteiger partial charge is 0.342 e. The molecule has 0 radical (unpaired) electrons. The summed E-state index contributed by atoms with van der Waals surface area (Å²) in [6.07, 6.45) is 0. The fraction of sp³-hybridized carbons (Fsp3) is 0.292. The van der Waals surface area contributed by atoms with Crippen LogP contribution in [0.15, 0.2) is 33.2 Å². The Labute approximate surface area is 200 Å². The predicted octanol–water partition coefficient (Wildman–Crippen LogP) is 3.83. The van der Waals surface area contributed by atoms with Crippen molar-refractivity contribution in [3.8, 4) is 5.75 Å². The van der Waals surface area contributed by atoms with Gasteiger partial charge in [0.1, 0.15) is 35.3 Å². The number of aromatic nitrogens is 3. The highest BCUT2D eigenvalue weighted by Gasteiger charge is 2.24. The average molecular weight is 480 g/mol. The van der Waals surface area contributed by atoms with Gasteiger partial charge in [0.2, 0.25) is 5.71 Å². The summed E-state index contributed by atoms with van der Waals surface area (Å²) in [6.45, 7) is 7.23. The van der Waals surface area contributed by atoms with E-state index in [2.05, 4.69) is 15.1 Å². The van der Waals surface area contributed by atoms with Crippen molar-refractivity contribution in [1.29, 1.82) is 0 Å². The van der Waals surface area contributed by atoms with E-state index in [0.29, 0.717) is 29.4 Å². The van der Waals surface area contributed by atoms with Gasteiger partial charge in [0.25, 0.3) is 0 Å². The molecule has 0 saturated heterocycles. The van der Waals surface area contributed by atoms with Crippen LogP contribution < -0.4 is 10.5 Å². The molecule has 35 heavy (non-hydrogen) atoms. The molecular formula is C24H24N4O7. The van der Waals surface area contributed by atoms with Gasteiger partial charge >= 0.3 is 11.9 Å². The third-order valence-corrected chi connectivity index (χ3v) is 5.27. The van der Waals surface area contributed by atoms with Crippen LogP contribution in [0.5, 0.6) is 5.75 Å². The van der Waals surface area contributed by atoms with Crippen molar-refractivity contribution in [3.05, 3.63) is 64.0 Å². The number of anilines is 1. The molecule has 11 heteroatoms. The lowest BCUT2D eigenvalue weighted by molar-refractivity contribution is 0.0461. The van der Waals surface area contributed by atoms with E-state index >= 15 is 0 Å². The van der Waals surface area contributed by atoms with Crippen LogP contribution in [-0.4, -0.2) is 33.7 Å². The van der Waals surface area contributed by atoms with Crippen LogP contribution in [0.2, 0.25) is 0 Å². The fourth-order valence-electron chi connectivity index (χ4n) is 3.46. The van der Waals surface area contributed by atoms with Gasteiger partial charge in [-0.15, -0.1) is 0 Å². The van der Waals surface area contributed by atoms with Crippen LogP contribution in [0, 0.1) is 20.8 Å². The van der Waals surface area contributed by atoms with E-state index in [1.165, 1.54) is 0 Å². The minimum atomic E-state index is -0.577. The summed E-state index contributed by atoms with van der Waals surface area (Å²) >= 11 is 0. The molecule has 0 aliphatic heterocycles. The predicted molar refractivity (Wildman–Crippen MR) is 123 cm³/mol. The van der Waals surface area contributed by atoms with E-state index in [1.54, 1.807) is 38.1 Å². The Morgan fingerprint density at radius 3 is 2.37 bits per heavy atom. The summed E-state index contributed by atoms with van der Waals surface area (Å²) in [5.74, 6) is 0.599. The first-order valence-corrected chi connectivity index (χ1v) is 10.8. The second kappa shape index (κ2) is 9.84. The van der Waals surface area contributed by atoms with E-state index in [9.17, 15) is 9.59 Å². The second-order valence-corrected chi connectivity index (χ2v) is 7.65. The molecule has 1 aromatic carbocycles. The highest BCUT2D eigenvalue weighted by Crippen LogP contribution is 2.29. The van der Waals surface area contributed by atoms with Crippen LogP contribution in [-0.2, 0) is 22.7 Å². The van der Waals surface area contributed by atoms with Crippen LogP contribution in [0.1, 0.15) is 56.2 Å². The van der Waals surface area contributed by atoms with Crippen LogP contribution in [0.25, 0.3) is 11.1 Å². The number of hydrogen-bond acceptors (Lipinski definition) is 11. The zero-order valence-corrected chi connectivity index (χ0v) is 19.7. The molecule has 4 rings (SSSR count). The SMILES string of the molecule is CCOC(=O)c1c(C)oc2nc(COC(=O)c3ccc(OCc4c(C)noc4C)cc3)nc(N)c12. The molecule has 0 unspecified atom stereocenters. The Balaban J connectivity index is 1.40. The summed E-state index contributed by atoms with van der Waals surface area (Å²) in [7, 11) is 0. The molecule has 0 aliphatic rings. The number of nitrogens with two attached hydrogens (primary N) is 1. The molecule has 3 heterocycles. The molecular weight excluding hydrogens is 456 g/mol. The van der Waals surface area contributed by atoms with E-state index in [1.807, 2.05) is 13.8 Å².